The van der Waals surface area contributed by atoms with Gasteiger partial charge in [-0.1, -0.05) is 40.9 Å². The molecule has 0 spiro atoms. The first-order valence-corrected chi connectivity index (χ1v) is 6.70. The Balaban J connectivity index is 2.39. The monoisotopic (exact) mass is 329 g/mol. The molecule has 0 radical (unpaired) electrons. The molecule has 0 aliphatic carbocycles. The Hall–Kier alpha value is -1.49. The number of aromatic nitrogens is 2. The minimum atomic E-state index is -0.555. The summed E-state index contributed by atoms with van der Waals surface area (Å²) in [4.78, 5) is 4.10. The SMILES string of the molecule is Nc1nc2cc(F)c(Cl)cc2n1-c1cccc(Cl)c1Cl. The van der Waals surface area contributed by atoms with Crippen LogP contribution in [-0.2, 0) is 0 Å². The zero-order chi connectivity index (χ0) is 14.4. The lowest BCUT2D eigenvalue weighted by Crippen LogP contribution is -2.01. The van der Waals surface area contributed by atoms with Gasteiger partial charge in [0.1, 0.15) is 5.82 Å². The number of fused-ring (bicyclic) bond motifs is 1. The maximum Gasteiger partial charge on any atom is 0.205 e. The highest BCUT2D eigenvalue weighted by Gasteiger charge is 2.16. The highest BCUT2D eigenvalue weighted by Crippen LogP contribution is 2.33. The largest absolute Gasteiger partial charge is 0.369 e. The fraction of sp³-hybridized carbons (Fsp3) is 0. The van der Waals surface area contributed by atoms with Crippen molar-refractivity contribution in [3.05, 3.63) is 51.2 Å². The van der Waals surface area contributed by atoms with Crippen LogP contribution in [0.25, 0.3) is 16.7 Å². The zero-order valence-electron chi connectivity index (χ0n) is 9.87. The van der Waals surface area contributed by atoms with E-state index in [4.69, 9.17) is 40.5 Å². The summed E-state index contributed by atoms with van der Waals surface area (Å²) in [6, 6.07) is 7.81. The summed E-state index contributed by atoms with van der Waals surface area (Å²) in [7, 11) is 0. The van der Waals surface area contributed by atoms with Crippen LogP contribution in [0.15, 0.2) is 30.3 Å². The Morgan fingerprint density at radius 2 is 1.85 bits per heavy atom. The number of nitrogens with zero attached hydrogens (tertiary/aromatic N) is 2. The van der Waals surface area contributed by atoms with Crippen molar-refractivity contribution >= 4 is 51.8 Å². The fourth-order valence-corrected chi connectivity index (χ4v) is 2.55. The first-order chi connectivity index (χ1) is 9.49. The third-order valence-corrected chi connectivity index (χ3v) is 3.99. The second kappa shape index (κ2) is 4.81. The van der Waals surface area contributed by atoms with Crippen molar-refractivity contribution in [1.29, 1.82) is 0 Å². The molecule has 0 bridgehead atoms. The highest BCUT2D eigenvalue weighted by atomic mass is 35.5. The first-order valence-electron chi connectivity index (χ1n) is 5.56. The van der Waals surface area contributed by atoms with Gasteiger partial charge in [0.05, 0.1) is 31.8 Å². The molecule has 3 aromatic rings. The summed E-state index contributed by atoms with van der Waals surface area (Å²) in [5, 5.41) is 0.705. The molecule has 0 unspecified atom stereocenters. The van der Waals surface area contributed by atoms with Crippen molar-refractivity contribution in [2.24, 2.45) is 0 Å². The molecule has 0 saturated heterocycles. The van der Waals surface area contributed by atoms with Gasteiger partial charge in [-0.25, -0.2) is 9.37 Å². The third kappa shape index (κ3) is 2.00. The average molecular weight is 331 g/mol. The number of nitrogens with two attached hydrogens (primary N) is 1. The predicted molar refractivity (Wildman–Crippen MR) is 80.5 cm³/mol. The van der Waals surface area contributed by atoms with Crippen LogP contribution in [0.4, 0.5) is 10.3 Å². The van der Waals surface area contributed by atoms with Crippen LogP contribution in [0, 0.1) is 5.82 Å². The van der Waals surface area contributed by atoms with Crippen molar-refractivity contribution in [3.8, 4) is 5.69 Å². The van der Waals surface area contributed by atoms with Gasteiger partial charge in [-0.05, 0) is 18.2 Å². The van der Waals surface area contributed by atoms with E-state index in [1.165, 1.54) is 12.1 Å². The number of anilines is 1. The normalized spacial score (nSPS) is 11.2. The molecule has 20 heavy (non-hydrogen) atoms. The van der Waals surface area contributed by atoms with Crippen LogP contribution >= 0.6 is 34.8 Å². The molecule has 0 atom stereocenters. The van der Waals surface area contributed by atoms with Crippen LogP contribution in [0.3, 0.4) is 0 Å². The molecule has 0 aliphatic rings. The van der Waals surface area contributed by atoms with Crippen molar-refractivity contribution < 1.29 is 4.39 Å². The van der Waals surface area contributed by atoms with Gasteiger partial charge in [0, 0.05) is 6.07 Å². The molecular weight excluding hydrogens is 324 g/mol. The number of nitrogen functional groups attached to an aromatic ring is 1. The van der Waals surface area contributed by atoms with Crippen molar-refractivity contribution in [2.45, 2.75) is 0 Å². The van der Waals surface area contributed by atoms with Gasteiger partial charge in [-0.3, -0.25) is 4.57 Å². The summed E-state index contributed by atoms with van der Waals surface area (Å²) in [5.41, 5.74) is 7.39. The van der Waals surface area contributed by atoms with Gasteiger partial charge in [-0.15, -0.1) is 0 Å². The quantitative estimate of drug-likeness (QED) is 0.702. The Kier molecular flexibility index (Phi) is 3.24. The molecule has 1 heterocycles. The summed E-state index contributed by atoms with van der Waals surface area (Å²) in [6.45, 7) is 0. The van der Waals surface area contributed by atoms with Crippen LogP contribution in [0.1, 0.15) is 0 Å². The molecule has 0 saturated carbocycles. The highest BCUT2D eigenvalue weighted by molar-refractivity contribution is 6.43. The zero-order valence-corrected chi connectivity index (χ0v) is 12.1. The van der Waals surface area contributed by atoms with Gasteiger partial charge in [-0.2, -0.15) is 0 Å². The third-order valence-electron chi connectivity index (χ3n) is 2.89. The molecule has 2 N–H and O–H groups in total. The van der Waals surface area contributed by atoms with Crippen molar-refractivity contribution in [1.82, 2.24) is 9.55 Å². The van der Waals surface area contributed by atoms with Gasteiger partial charge in [0.25, 0.3) is 0 Å². The maximum atomic E-state index is 13.5. The molecule has 7 heteroatoms. The van der Waals surface area contributed by atoms with E-state index in [0.717, 1.165) is 0 Å². The summed E-state index contributed by atoms with van der Waals surface area (Å²) in [5.74, 6) is -0.383. The van der Waals surface area contributed by atoms with Crippen molar-refractivity contribution in [3.63, 3.8) is 0 Å². The lowest BCUT2D eigenvalue weighted by molar-refractivity contribution is 0.630. The fourth-order valence-electron chi connectivity index (χ4n) is 2.01. The van der Waals surface area contributed by atoms with Gasteiger partial charge < -0.3 is 5.73 Å². The maximum absolute atomic E-state index is 13.5. The summed E-state index contributed by atoms with van der Waals surface area (Å²) in [6.07, 6.45) is 0. The second-order valence-corrected chi connectivity index (χ2v) is 5.33. The Morgan fingerprint density at radius 3 is 2.60 bits per heavy atom. The van der Waals surface area contributed by atoms with Crippen LogP contribution in [-0.4, -0.2) is 9.55 Å². The van der Waals surface area contributed by atoms with Crippen LogP contribution < -0.4 is 5.73 Å². The Morgan fingerprint density at radius 1 is 1.10 bits per heavy atom. The molecule has 2 aromatic carbocycles. The van der Waals surface area contributed by atoms with E-state index in [-0.39, 0.29) is 11.0 Å². The molecule has 3 nitrogen and oxygen atoms in total. The van der Waals surface area contributed by atoms with E-state index in [0.29, 0.717) is 26.8 Å². The Labute approximate surface area is 128 Å². The van der Waals surface area contributed by atoms with Crippen LogP contribution in [0.2, 0.25) is 15.1 Å². The van der Waals surface area contributed by atoms with Gasteiger partial charge in [0.2, 0.25) is 5.95 Å². The number of hydrogen-bond acceptors (Lipinski definition) is 2. The smallest absolute Gasteiger partial charge is 0.205 e. The van der Waals surface area contributed by atoms with E-state index in [1.54, 1.807) is 22.8 Å². The molecule has 1 aromatic heterocycles. The summed E-state index contributed by atoms with van der Waals surface area (Å²) < 4.78 is 15.0. The molecular formula is C13H7Cl3FN3. The molecule has 0 aliphatic heterocycles. The van der Waals surface area contributed by atoms with E-state index in [9.17, 15) is 4.39 Å². The van der Waals surface area contributed by atoms with Crippen molar-refractivity contribution in [2.75, 3.05) is 5.73 Å². The molecule has 0 fully saturated rings. The molecule has 0 amide bonds. The minimum Gasteiger partial charge on any atom is -0.369 e. The number of imidazole rings is 1. The van der Waals surface area contributed by atoms with E-state index < -0.39 is 5.82 Å². The van der Waals surface area contributed by atoms with Gasteiger partial charge in [0.15, 0.2) is 0 Å². The van der Waals surface area contributed by atoms with E-state index >= 15 is 0 Å². The minimum absolute atomic E-state index is 0.0169. The average Bonchev–Trinajstić information content (AvgIpc) is 2.69. The Bertz CT molecular complexity index is 829. The number of benzene rings is 2. The topological polar surface area (TPSA) is 43.8 Å². The lowest BCUT2D eigenvalue weighted by Gasteiger charge is -2.09. The number of halogens is 4. The van der Waals surface area contributed by atoms with E-state index in [1.807, 2.05) is 0 Å². The second-order valence-electron chi connectivity index (χ2n) is 4.13. The van der Waals surface area contributed by atoms with Crippen LogP contribution in [0.5, 0.6) is 0 Å². The number of hydrogen-bond donors (Lipinski definition) is 1. The lowest BCUT2D eigenvalue weighted by atomic mass is 10.2. The molecule has 102 valence electrons. The predicted octanol–water partition coefficient (Wildman–Crippen LogP) is 4.71. The first kappa shape index (κ1) is 13.5. The number of rotatable bonds is 1. The van der Waals surface area contributed by atoms with E-state index in [2.05, 4.69) is 4.98 Å². The van der Waals surface area contributed by atoms with Gasteiger partial charge >= 0.3 is 0 Å². The molecule has 3 rings (SSSR count). The standard InChI is InChI=1S/C13H7Cl3FN3/c14-6-2-1-3-10(12(6)16)20-11-4-7(15)8(17)5-9(11)19-13(20)18/h1-5H,(H2,18,19). The summed E-state index contributed by atoms with van der Waals surface area (Å²) >= 11 is 18.0.